The van der Waals surface area contributed by atoms with Crippen LogP contribution in [0, 0.1) is 6.92 Å². The van der Waals surface area contributed by atoms with E-state index in [4.69, 9.17) is 10.9 Å². The van der Waals surface area contributed by atoms with Gasteiger partial charge in [-0.05, 0) is 83.4 Å². The molecule has 0 fully saturated rings. The number of benzene rings is 2. The lowest BCUT2D eigenvalue weighted by Gasteiger charge is -2.10. The third-order valence-corrected chi connectivity index (χ3v) is 6.41. The molecule has 0 aliphatic heterocycles. The topological polar surface area (TPSA) is 120 Å². The predicted molar refractivity (Wildman–Crippen MR) is 141 cm³/mol. The quantitative estimate of drug-likeness (QED) is 0.305. The molecule has 5 aromatic rings. The van der Waals surface area contributed by atoms with Crippen molar-refractivity contribution in [1.82, 2.24) is 20.3 Å². The Morgan fingerprint density at radius 1 is 0.943 bits per heavy atom. The second-order valence-corrected chi connectivity index (χ2v) is 9.12. The number of aryl methyl sites for hydroxylation is 1. The van der Waals surface area contributed by atoms with Gasteiger partial charge in [0.2, 0.25) is 0 Å². The van der Waals surface area contributed by atoms with Gasteiger partial charge in [-0.3, -0.25) is 19.9 Å². The lowest BCUT2D eigenvalue weighted by atomic mass is 10.0. The van der Waals surface area contributed by atoms with Gasteiger partial charge in [0.1, 0.15) is 5.82 Å². The van der Waals surface area contributed by atoms with Crippen LogP contribution in [0.5, 0.6) is 0 Å². The van der Waals surface area contributed by atoms with Gasteiger partial charge in [-0.25, -0.2) is 4.98 Å². The van der Waals surface area contributed by atoms with Gasteiger partial charge in [0.25, 0.3) is 5.91 Å². The van der Waals surface area contributed by atoms with E-state index in [0.717, 1.165) is 49.0 Å². The molecule has 35 heavy (non-hydrogen) atoms. The van der Waals surface area contributed by atoms with Crippen molar-refractivity contribution in [2.75, 3.05) is 5.73 Å². The van der Waals surface area contributed by atoms with Crippen molar-refractivity contribution >= 4 is 45.3 Å². The molecule has 0 aliphatic carbocycles. The van der Waals surface area contributed by atoms with Crippen LogP contribution in [0.2, 0.25) is 0 Å². The van der Waals surface area contributed by atoms with E-state index in [-0.39, 0.29) is 5.91 Å². The molecular weight excluding hydrogens is 456 g/mol. The Hall–Kier alpha value is -4.01. The molecule has 5 rings (SSSR count). The molecule has 7 nitrogen and oxygen atoms in total. The summed E-state index contributed by atoms with van der Waals surface area (Å²) in [6.45, 7) is 2.42. The third-order valence-electron chi connectivity index (χ3n) is 5.85. The molecule has 0 bridgehead atoms. The highest BCUT2D eigenvalue weighted by Gasteiger charge is 2.11. The fourth-order valence-corrected chi connectivity index (χ4v) is 4.65. The molecule has 0 spiro atoms. The number of anilines is 1. The highest BCUT2D eigenvalue weighted by Crippen LogP contribution is 2.27. The summed E-state index contributed by atoms with van der Waals surface area (Å²) in [7, 11) is 0. The highest BCUT2D eigenvalue weighted by molar-refractivity contribution is 7.97. The zero-order chi connectivity index (χ0) is 24.4. The molecule has 0 unspecified atom stereocenters. The van der Waals surface area contributed by atoms with Crippen LogP contribution in [0.3, 0.4) is 0 Å². The van der Waals surface area contributed by atoms with E-state index in [0.29, 0.717) is 24.3 Å². The zero-order valence-electron chi connectivity index (χ0n) is 19.2. The van der Waals surface area contributed by atoms with E-state index >= 15 is 0 Å². The van der Waals surface area contributed by atoms with Gasteiger partial charge in [0.05, 0.1) is 5.52 Å². The average Bonchev–Trinajstić information content (AvgIpc) is 2.86. The van der Waals surface area contributed by atoms with E-state index in [1.165, 1.54) is 11.9 Å². The molecule has 0 atom stereocenters. The van der Waals surface area contributed by atoms with Crippen molar-refractivity contribution in [1.29, 1.82) is 0 Å². The number of hydrogen-bond acceptors (Lipinski definition) is 7. The number of fused-ring (bicyclic) bond motifs is 2. The first-order valence-electron chi connectivity index (χ1n) is 11.1. The molecule has 3 aromatic heterocycles. The number of carbonyl (C=O) groups is 1. The van der Waals surface area contributed by atoms with E-state index in [1.807, 2.05) is 49.5 Å². The number of hydrogen-bond donors (Lipinski definition) is 3. The molecule has 5 N–H and O–H groups in total. The van der Waals surface area contributed by atoms with Crippen LogP contribution in [0.25, 0.3) is 21.7 Å². The highest BCUT2D eigenvalue weighted by atomic mass is 32.2. The van der Waals surface area contributed by atoms with Crippen LogP contribution in [-0.2, 0) is 13.0 Å². The molecule has 0 saturated heterocycles. The Morgan fingerprint density at radius 2 is 1.77 bits per heavy atom. The van der Waals surface area contributed by atoms with Crippen LogP contribution >= 0.6 is 11.9 Å². The van der Waals surface area contributed by atoms with Crippen LogP contribution in [-0.4, -0.2) is 20.9 Å². The molecule has 0 radical (unpaired) electrons. The van der Waals surface area contributed by atoms with Crippen molar-refractivity contribution < 1.29 is 4.79 Å². The number of rotatable bonds is 6. The minimum absolute atomic E-state index is 0.153. The number of nitrogen functional groups attached to an aromatic ring is 1. The number of carbonyl (C=O) groups excluding carboxylic acids is 1. The third kappa shape index (κ3) is 4.94. The smallest absolute Gasteiger partial charge is 0.251 e. The van der Waals surface area contributed by atoms with Crippen molar-refractivity contribution in [3.8, 4) is 0 Å². The molecule has 174 valence electrons. The second kappa shape index (κ2) is 9.69. The number of nitrogens with two attached hydrogens (primary N) is 2. The Balaban J connectivity index is 1.32. The van der Waals surface area contributed by atoms with Crippen molar-refractivity contribution in [3.05, 3.63) is 101 Å². The van der Waals surface area contributed by atoms with E-state index in [1.54, 1.807) is 18.5 Å². The van der Waals surface area contributed by atoms with Gasteiger partial charge in [0, 0.05) is 58.5 Å². The summed E-state index contributed by atoms with van der Waals surface area (Å²) < 4.78 is 0. The number of nitrogens with zero attached hydrogens (tertiary/aromatic N) is 3. The maximum atomic E-state index is 12.9. The molecule has 8 heteroatoms. The SMILES string of the molecule is Cc1cnc2c(SN)cc(Cc3cc(C(=O)NCc4ccc5c(N)nccc5c4)ccn3)cc2c1. The van der Waals surface area contributed by atoms with Crippen LogP contribution < -0.4 is 16.2 Å². The van der Waals surface area contributed by atoms with E-state index in [9.17, 15) is 4.79 Å². The summed E-state index contributed by atoms with van der Waals surface area (Å²) in [5.74, 6) is 0.344. The molecule has 0 saturated carbocycles. The fraction of sp³-hybridized carbons (Fsp3) is 0.111. The number of nitrogens with one attached hydrogen (secondary N) is 1. The number of pyridine rings is 3. The summed E-state index contributed by atoms with van der Waals surface area (Å²) in [6, 6.07) is 17.6. The number of amides is 1. The Labute approximate surface area is 207 Å². The monoisotopic (exact) mass is 480 g/mol. The van der Waals surface area contributed by atoms with Crippen molar-refractivity contribution in [3.63, 3.8) is 0 Å². The molecule has 0 aliphatic rings. The van der Waals surface area contributed by atoms with Gasteiger partial charge < -0.3 is 11.1 Å². The first-order chi connectivity index (χ1) is 17.0. The predicted octanol–water partition coefficient (Wildman–Crippen LogP) is 4.56. The molecule has 3 heterocycles. The Bertz CT molecular complexity index is 1570. The van der Waals surface area contributed by atoms with E-state index in [2.05, 4.69) is 32.4 Å². The Kier molecular flexibility index (Phi) is 6.31. The lowest BCUT2D eigenvalue weighted by Crippen LogP contribution is -2.23. The molecular formula is C27H24N6OS. The van der Waals surface area contributed by atoms with Crippen LogP contribution in [0.1, 0.15) is 32.7 Å². The van der Waals surface area contributed by atoms with E-state index < -0.39 is 0 Å². The second-order valence-electron chi connectivity index (χ2n) is 8.44. The normalized spacial score (nSPS) is 11.1. The maximum Gasteiger partial charge on any atom is 0.251 e. The maximum absolute atomic E-state index is 12.9. The summed E-state index contributed by atoms with van der Waals surface area (Å²) in [6.07, 6.45) is 5.77. The van der Waals surface area contributed by atoms with Crippen LogP contribution in [0.15, 0.2) is 78.1 Å². The lowest BCUT2D eigenvalue weighted by molar-refractivity contribution is 0.0950. The van der Waals surface area contributed by atoms with Gasteiger partial charge in [-0.2, -0.15) is 0 Å². The largest absolute Gasteiger partial charge is 0.383 e. The Morgan fingerprint density at radius 3 is 2.63 bits per heavy atom. The summed E-state index contributed by atoms with van der Waals surface area (Å²) >= 11 is 1.19. The molecule has 2 aromatic carbocycles. The standard InChI is InChI=1S/C27H24N6OS/c1-16-8-21-10-18(12-24(35-29)25(21)32-14-16)11-22-13-20(5-6-30-22)27(34)33-15-17-2-3-23-19(9-17)4-7-31-26(23)28/h2-10,12-14H,11,15,29H2,1H3,(H2,28,31)(H,33,34). The van der Waals surface area contributed by atoms with Crippen LogP contribution in [0.4, 0.5) is 5.82 Å². The average molecular weight is 481 g/mol. The summed E-state index contributed by atoms with van der Waals surface area (Å²) in [5.41, 5.74) is 11.3. The zero-order valence-corrected chi connectivity index (χ0v) is 20.0. The van der Waals surface area contributed by atoms with Gasteiger partial charge >= 0.3 is 0 Å². The van der Waals surface area contributed by atoms with Gasteiger partial charge in [-0.15, -0.1) is 0 Å². The van der Waals surface area contributed by atoms with Crippen molar-refractivity contribution in [2.45, 2.75) is 24.8 Å². The number of aromatic nitrogens is 3. The van der Waals surface area contributed by atoms with Gasteiger partial charge in [0.15, 0.2) is 0 Å². The summed E-state index contributed by atoms with van der Waals surface area (Å²) in [5, 5.41) is 11.8. The molecule has 1 amide bonds. The first kappa shape index (κ1) is 22.8. The minimum Gasteiger partial charge on any atom is -0.383 e. The summed E-state index contributed by atoms with van der Waals surface area (Å²) in [4.78, 5) is 26.9. The first-order valence-corrected chi connectivity index (χ1v) is 12.0. The van der Waals surface area contributed by atoms with Crippen molar-refractivity contribution in [2.24, 2.45) is 5.14 Å². The van der Waals surface area contributed by atoms with Gasteiger partial charge in [-0.1, -0.05) is 12.1 Å². The fourth-order valence-electron chi connectivity index (χ4n) is 4.15. The minimum atomic E-state index is -0.153.